The fourth-order valence-electron chi connectivity index (χ4n) is 6.51. The first-order chi connectivity index (χ1) is 25.7. The smallest absolute Gasteiger partial charge is 0.490 e. The Morgan fingerprint density at radius 2 is 1.66 bits per heavy atom. The van der Waals surface area contributed by atoms with Gasteiger partial charge in [-0.15, -0.1) is 0 Å². The molecule has 1 amide bonds. The molecule has 0 fully saturated rings. The average Bonchev–Trinajstić information content (AvgIpc) is 3.67. The van der Waals surface area contributed by atoms with Crippen LogP contribution in [0.25, 0.3) is 22.5 Å². The summed E-state index contributed by atoms with van der Waals surface area (Å²) >= 11 is 0. The summed E-state index contributed by atoms with van der Waals surface area (Å²) in [6.07, 6.45) is -1.43. The van der Waals surface area contributed by atoms with Crippen LogP contribution in [0.4, 0.5) is 26.7 Å². The highest BCUT2D eigenvalue weighted by Crippen LogP contribution is 2.53. The molecule has 2 aliphatic rings. The Morgan fingerprint density at radius 3 is 2.25 bits per heavy atom. The van der Waals surface area contributed by atoms with Gasteiger partial charge in [-0.1, -0.05) is 20.8 Å². The molecule has 2 aromatic heterocycles. The number of fused-ring (bicyclic) bond motifs is 2. The number of nitrogens with zero attached hydrogens (tertiary/aromatic N) is 4. The average molecular weight is 833 g/mol. The predicted octanol–water partition coefficient (Wildman–Crippen LogP) is 9.03. The third-order valence-corrected chi connectivity index (χ3v) is 15.6. The van der Waals surface area contributed by atoms with Crippen LogP contribution in [0.3, 0.4) is 0 Å². The third kappa shape index (κ3) is 8.55. The number of alkyl halides is 3. The molecule has 1 aromatic carbocycles. The predicted molar refractivity (Wildman–Crippen MR) is 199 cm³/mol. The molecule has 0 N–H and O–H groups in total. The van der Waals surface area contributed by atoms with Crippen molar-refractivity contribution in [2.45, 2.75) is 116 Å². The summed E-state index contributed by atoms with van der Waals surface area (Å²) in [5.41, 5.74) is -6.77. The van der Waals surface area contributed by atoms with Crippen molar-refractivity contribution in [3.05, 3.63) is 46.7 Å². The number of methoxy groups -OCH3 is 1. The highest BCUT2D eigenvalue weighted by Gasteiger charge is 2.50. The lowest BCUT2D eigenvalue weighted by Crippen LogP contribution is -2.45. The number of rotatable bonds is 10. The van der Waals surface area contributed by atoms with Gasteiger partial charge in [-0.3, -0.25) is 9.58 Å². The second-order valence-corrected chi connectivity index (χ2v) is 22.9. The molecule has 19 heteroatoms. The van der Waals surface area contributed by atoms with Gasteiger partial charge in [0.15, 0.2) is 8.32 Å². The van der Waals surface area contributed by atoms with Crippen molar-refractivity contribution in [3.8, 4) is 34.1 Å². The molecule has 1 aliphatic carbocycles. The van der Waals surface area contributed by atoms with E-state index in [9.17, 15) is 30.8 Å². The summed E-state index contributed by atoms with van der Waals surface area (Å²) < 4.78 is 128. The Bertz CT molecular complexity index is 2100. The van der Waals surface area contributed by atoms with Crippen LogP contribution in [-0.2, 0) is 30.4 Å². The van der Waals surface area contributed by atoms with Gasteiger partial charge in [-0.2, -0.15) is 26.7 Å². The Hall–Kier alpha value is -3.81. The van der Waals surface area contributed by atoms with Crippen molar-refractivity contribution in [2.24, 2.45) is 0 Å². The minimum Gasteiger partial charge on any atom is -0.490 e. The molecule has 3 heterocycles. The van der Waals surface area contributed by atoms with Gasteiger partial charge >= 0.3 is 21.7 Å². The molecule has 12 nitrogen and oxygen atoms in total. The van der Waals surface area contributed by atoms with Crippen molar-refractivity contribution in [1.29, 1.82) is 0 Å². The van der Waals surface area contributed by atoms with Crippen molar-refractivity contribution in [2.75, 3.05) is 26.9 Å². The van der Waals surface area contributed by atoms with Crippen molar-refractivity contribution in [3.63, 3.8) is 0 Å². The van der Waals surface area contributed by atoms with E-state index in [1.54, 1.807) is 39.3 Å². The maximum Gasteiger partial charge on any atom is 0.534 e. The monoisotopic (exact) mass is 832 g/mol. The van der Waals surface area contributed by atoms with E-state index >= 15 is 4.39 Å². The van der Waals surface area contributed by atoms with Crippen molar-refractivity contribution in [1.82, 2.24) is 19.7 Å². The molecule has 0 saturated carbocycles. The molecule has 310 valence electrons. The summed E-state index contributed by atoms with van der Waals surface area (Å²) in [5, 5.41) is 4.40. The van der Waals surface area contributed by atoms with Gasteiger partial charge in [0.2, 0.25) is 5.88 Å². The summed E-state index contributed by atoms with van der Waals surface area (Å²) in [7, 11) is -7.55. The fraction of sp³-hybridized carbons (Fsp3) is 0.595. The highest BCUT2D eigenvalue weighted by atomic mass is 32.2. The topological polar surface area (TPSA) is 131 Å². The number of carbonyl (C=O) groups excluding carboxylic acids is 1. The molecule has 0 saturated heterocycles. The van der Waals surface area contributed by atoms with Crippen LogP contribution in [0, 0.1) is 11.6 Å². The number of benzene rings is 1. The molecule has 1 aliphatic heterocycles. The minimum absolute atomic E-state index is 0.0265. The number of pyridine rings is 1. The first-order valence-corrected chi connectivity index (χ1v) is 22.4. The van der Waals surface area contributed by atoms with E-state index in [1.165, 1.54) is 18.1 Å². The Labute approximate surface area is 324 Å². The second kappa shape index (κ2) is 15.2. The van der Waals surface area contributed by atoms with Gasteiger partial charge in [0, 0.05) is 36.9 Å². The van der Waals surface area contributed by atoms with Crippen LogP contribution < -0.4 is 8.92 Å². The number of ether oxygens (including phenoxy) is 3. The van der Waals surface area contributed by atoms with Crippen LogP contribution in [0.5, 0.6) is 11.6 Å². The van der Waals surface area contributed by atoms with E-state index in [2.05, 4.69) is 4.98 Å². The van der Waals surface area contributed by atoms with Gasteiger partial charge in [0.05, 0.1) is 36.1 Å². The van der Waals surface area contributed by atoms with Gasteiger partial charge in [-0.25, -0.2) is 18.6 Å². The van der Waals surface area contributed by atoms with E-state index in [1.807, 2.05) is 33.9 Å². The molecule has 0 spiro atoms. The number of hydrogen-bond acceptors (Lipinski definition) is 10. The molecule has 5 rings (SSSR count). The van der Waals surface area contributed by atoms with Crippen molar-refractivity contribution >= 4 is 24.5 Å². The van der Waals surface area contributed by atoms with Gasteiger partial charge in [0.1, 0.15) is 41.0 Å². The quantitative estimate of drug-likeness (QED) is 0.0641. The van der Waals surface area contributed by atoms with E-state index in [-0.39, 0.29) is 77.0 Å². The summed E-state index contributed by atoms with van der Waals surface area (Å²) in [4.78, 5) is 19.2. The zero-order chi connectivity index (χ0) is 41.9. The molecular weight excluding hydrogens is 784 g/mol. The SMILES string of the molecule is COCCOc1cc(F)cc(F)c1-c1c(-c2cc3n(n2)[C@@H](C)CN(C(=O)OC(C)(C)C)[C@@H]3C)nc(OS(=O)(=O)C(F)(F)F)c2c1C(O[Si](C)(C)C(C)(C)C)CC2. The van der Waals surface area contributed by atoms with Gasteiger partial charge in [-0.05, 0) is 77.2 Å². The molecule has 3 atom stereocenters. The number of amides is 1. The van der Waals surface area contributed by atoms with E-state index < -0.39 is 71.3 Å². The summed E-state index contributed by atoms with van der Waals surface area (Å²) in [5.74, 6) is -3.23. The van der Waals surface area contributed by atoms with Crippen LogP contribution in [0.1, 0.15) is 96.8 Å². The van der Waals surface area contributed by atoms with Crippen LogP contribution >= 0.6 is 0 Å². The van der Waals surface area contributed by atoms with E-state index in [0.717, 1.165) is 6.07 Å². The van der Waals surface area contributed by atoms with Gasteiger partial charge in [0.25, 0.3) is 0 Å². The number of hydrogen-bond donors (Lipinski definition) is 0. The van der Waals surface area contributed by atoms with Crippen molar-refractivity contribution < 1.29 is 58.0 Å². The highest BCUT2D eigenvalue weighted by molar-refractivity contribution is 7.88. The lowest BCUT2D eigenvalue weighted by molar-refractivity contribution is -0.0501. The Balaban J connectivity index is 1.87. The zero-order valence-corrected chi connectivity index (χ0v) is 35.2. The summed E-state index contributed by atoms with van der Waals surface area (Å²) in [6.45, 7) is 18.7. The molecular formula is C37H49F5N4O8SSi. The number of halogens is 5. The molecule has 56 heavy (non-hydrogen) atoms. The Morgan fingerprint density at radius 1 is 1.00 bits per heavy atom. The molecule has 1 unspecified atom stereocenters. The lowest BCUT2D eigenvalue weighted by atomic mass is 9.92. The minimum atomic E-state index is -6.25. The standard InChI is InChI=1S/C37H49F5N4O8SSi/c1-20-19-45(34(47)52-35(3,4)5)21(2)26-18-25(44-46(20)26)32-31(30-24(39)16-22(38)17-28(30)51-15-14-50-9)29-23(33(43-32)53-55(48,49)37(40,41)42)12-13-27(29)54-56(10,11)36(6,7)8/h16-18,20-21,27H,12-15,19H2,1-11H3/t20-,21+,27?/m0/s1. The Kier molecular flexibility index (Phi) is 11.7. The lowest BCUT2D eigenvalue weighted by Gasteiger charge is -2.39. The number of aromatic nitrogens is 3. The fourth-order valence-corrected chi connectivity index (χ4v) is 8.25. The summed E-state index contributed by atoms with van der Waals surface area (Å²) in [6, 6.07) is 2.01. The molecule has 0 bridgehead atoms. The maximum atomic E-state index is 16.5. The van der Waals surface area contributed by atoms with E-state index in [0.29, 0.717) is 11.8 Å². The van der Waals surface area contributed by atoms with Crippen LogP contribution in [-0.4, -0.2) is 80.5 Å². The molecule has 3 aromatic rings. The zero-order valence-electron chi connectivity index (χ0n) is 33.4. The third-order valence-electron chi connectivity index (χ3n) is 10.2. The van der Waals surface area contributed by atoms with Crippen LogP contribution in [0.15, 0.2) is 18.2 Å². The van der Waals surface area contributed by atoms with Gasteiger partial charge < -0.3 is 22.8 Å². The normalized spacial score (nSPS) is 19.1. The molecule has 0 radical (unpaired) electrons. The first kappa shape index (κ1) is 43.3. The van der Waals surface area contributed by atoms with E-state index in [4.69, 9.17) is 27.9 Å². The van der Waals surface area contributed by atoms with Crippen LogP contribution in [0.2, 0.25) is 18.1 Å². The first-order valence-electron chi connectivity index (χ1n) is 18.1. The maximum absolute atomic E-state index is 16.5. The second-order valence-electron chi connectivity index (χ2n) is 16.6. The largest absolute Gasteiger partial charge is 0.534 e. The number of carbonyl (C=O) groups is 1.